The third-order valence-electron chi connectivity index (χ3n) is 2.40. The first-order chi connectivity index (χ1) is 5.83. The Kier molecular flexibility index (Phi) is 1.70. The number of fused-ring (bicyclic) bond motifs is 1. The van der Waals surface area contributed by atoms with E-state index < -0.39 is 0 Å². The fourth-order valence-corrected chi connectivity index (χ4v) is 1.71. The van der Waals surface area contributed by atoms with Crippen molar-refractivity contribution in [2.24, 2.45) is 11.7 Å². The number of carbonyl (C=O) groups is 1. The molecule has 0 fully saturated rings. The van der Waals surface area contributed by atoms with Crippen LogP contribution in [0.5, 0.6) is 0 Å². The van der Waals surface area contributed by atoms with Crippen molar-refractivity contribution >= 4 is 5.78 Å². The van der Waals surface area contributed by atoms with E-state index in [0.717, 1.165) is 17.5 Å². The van der Waals surface area contributed by atoms with Gasteiger partial charge in [-0.1, -0.05) is 24.3 Å². The summed E-state index contributed by atoms with van der Waals surface area (Å²) in [6, 6.07) is 7.75. The van der Waals surface area contributed by atoms with Crippen LogP contribution in [0.2, 0.25) is 0 Å². The van der Waals surface area contributed by atoms with Crippen molar-refractivity contribution in [3.05, 3.63) is 35.4 Å². The van der Waals surface area contributed by atoms with Crippen LogP contribution in [0.25, 0.3) is 0 Å². The minimum absolute atomic E-state index is 0.0300. The van der Waals surface area contributed by atoms with E-state index in [1.54, 1.807) is 0 Å². The lowest BCUT2D eigenvalue weighted by atomic mass is 10.1. The number of carbonyl (C=O) groups excluding carboxylic acids is 1. The number of Topliss-reactive ketones (excluding diaryl/α,β-unsaturated/α-hetero) is 1. The van der Waals surface area contributed by atoms with Gasteiger partial charge in [0.1, 0.15) is 0 Å². The molecule has 12 heavy (non-hydrogen) atoms. The number of benzene rings is 1. The van der Waals surface area contributed by atoms with Crippen molar-refractivity contribution in [1.29, 1.82) is 0 Å². The molecule has 0 aliphatic heterocycles. The van der Waals surface area contributed by atoms with Crippen LogP contribution < -0.4 is 5.73 Å². The highest BCUT2D eigenvalue weighted by Gasteiger charge is 2.28. The van der Waals surface area contributed by atoms with Gasteiger partial charge in [-0.05, 0) is 12.0 Å². The summed E-state index contributed by atoms with van der Waals surface area (Å²) in [6.45, 7) is 0.466. The largest absolute Gasteiger partial charge is 0.330 e. The molecule has 0 heterocycles. The quantitative estimate of drug-likeness (QED) is 0.667. The lowest BCUT2D eigenvalue weighted by Crippen LogP contribution is -2.19. The number of rotatable bonds is 1. The Morgan fingerprint density at radius 1 is 1.42 bits per heavy atom. The monoisotopic (exact) mass is 161 g/mol. The van der Waals surface area contributed by atoms with Crippen LogP contribution >= 0.6 is 0 Å². The van der Waals surface area contributed by atoms with Gasteiger partial charge in [0.25, 0.3) is 0 Å². The molecule has 2 N–H and O–H groups in total. The molecule has 0 bridgehead atoms. The molecule has 2 heteroatoms. The fourth-order valence-electron chi connectivity index (χ4n) is 1.71. The minimum Gasteiger partial charge on any atom is -0.330 e. The van der Waals surface area contributed by atoms with Gasteiger partial charge in [-0.15, -0.1) is 0 Å². The predicted molar refractivity (Wildman–Crippen MR) is 47.0 cm³/mol. The molecule has 0 saturated heterocycles. The molecule has 2 rings (SSSR count). The Balaban J connectivity index is 2.42. The summed E-state index contributed by atoms with van der Waals surface area (Å²) < 4.78 is 0. The van der Waals surface area contributed by atoms with Gasteiger partial charge in [-0.3, -0.25) is 4.79 Å². The zero-order valence-electron chi connectivity index (χ0n) is 6.79. The number of ketones is 1. The molecule has 1 aliphatic rings. The molecule has 0 unspecified atom stereocenters. The van der Waals surface area contributed by atoms with Gasteiger partial charge in [-0.2, -0.15) is 0 Å². The summed E-state index contributed by atoms with van der Waals surface area (Å²) in [6.07, 6.45) is 0.825. The van der Waals surface area contributed by atoms with E-state index in [1.165, 1.54) is 0 Å². The van der Waals surface area contributed by atoms with Gasteiger partial charge in [-0.25, -0.2) is 0 Å². The van der Waals surface area contributed by atoms with Gasteiger partial charge in [0, 0.05) is 18.0 Å². The summed E-state index contributed by atoms with van der Waals surface area (Å²) in [5, 5.41) is 0. The molecule has 0 aromatic heterocycles. The first-order valence-corrected chi connectivity index (χ1v) is 4.15. The van der Waals surface area contributed by atoms with Gasteiger partial charge in [0.05, 0.1) is 0 Å². The maximum absolute atomic E-state index is 11.5. The summed E-state index contributed by atoms with van der Waals surface area (Å²) in [7, 11) is 0. The topological polar surface area (TPSA) is 43.1 Å². The second-order valence-electron chi connectivity index (χ2n) is 3.16. The molecule has 0 saturated carbocycles. The van der Waals surface area contributed by atoms with Crippen LogP contribution in [0.15, 0.2) is 24.3 Å². The standard InChI is InChI=1S/C10H11NO/c11-6-8-5-7-3-1-2-4-9(7)10(8)12/h1-4,8H,5-6,11H2/t8-/m0/s1. The maximum Gasteiger partial charge on any atom is 0.167 e. The first kappa shape index (κ1) is 7.50. The van der Waals surface area contributed by atoms with Crippen molar-refractivity contribution in [2.75, 3.05) is 6.54 Å². The smallest absolute Gasteiger partial charge is 0.167 e. The number of hydrogen-bond donors (Lipinski definition) is 1. The van der Waals surface area contributed by atoms with E-state index in [-0.39, 0.29) is 11.7 Å². The first-order valence-electron chi connectivity index (χ1n) is 4.15. The van der Waals surface area contributed by atoms with E-state index in [0.29, 0.717) is 6.54 Å². The van der Waals surface area contributed by atoms with Crippen molar-refractivity contribution in [3.8, 4) is 0 Å². The molecule has 0 radical (unpaired) electrons. The van der Waals surface area contributed by atoms with Crippen LogP contribution in [0, 0.1) is 5.92 Å². The van der Waals surface area contributed by atoms with Crippen LogP contribution in [-0.4, -0.2) is 12.3 Å². The van der Waals surface area contributed by atoms with Crippen LogP contribution in [-0.2, 0) is 6.42 Å². The van der Waals surface area contributed by atoms with Crippen molar-refractivity contribution in [1.82, 2.24) is 0 Å². The highest BCUT2D eigenvalue weighted by atomic mass is 16.1. The SMILES string of the molecule is NC[C@@H]1Cc2ccccc2C1=O. The van der Waals surface area contributed by atoms with E-state index in [2.05, 4.69) is 0 Å². The Bertz CT molecular complexity index is 319. The molecule has 62 valence electrons. The highest BCUT2D eigenvalue weighted by Crippen LogP contribution is 2.25. The molecule has 1 aromatic carbocycles. The molecular formula is C10H11NO. The normalized spacial score (nSPS) is 21.1. The van der Waals surface area contributed by atoms with E-state index in [4.69, 9.17) is 5.73 Å². The Morgan fingerprint density at radius 2 is 2.17 bits per heavy atom. The third-order valence-corrected chi connectivity index (χ3v) is 2.40. The molecular weight excluding hydrogens is 150 g/mol. The lowest BCUT2D eigenvalue weighted by molar-refractivity contribution is 0.0941. The van der Waals surface area contributed by atoms with Gasteiger partial charge >= 0.3 is 0 Å². The lowest BCUT2D eigenvalue weighted by Gasteiger charge is -2.00. The fraction of sp³-hybridized carbons (Fsp3) is 0.300. The Labute approximate surface area is 71.4 Å². The molecule has 1 aliphatic carbocycles. The third kappa shape index (κ3) is 0.959. The van der Waals surface area contributed by atoms with Crippen molar-refractivity contribution in [3.63, 3.8) is 0 Å². The van der Waals surface area contributed by atoms with Gasteiger partial charge < -0.3 is 5.73 Å². The summed E-state index contributed by atoms with van der Waals surface area (Å²) in [5.41, 5.74) is 7.50. The second-order valence-corrected chi connectivity index (χ2v) is 3.16. The summed E-state index contributed by atoms with van der Waals surface area (Å²) in [5.74, 6) is 0.246. The average molecular weight is 161 g/mol. The van der Waals surface area contributed by atoms with Gasteiger partial charge in [0.2, 0.25) is 0 Å². The number of nitrogens with two attached hydrogens (primary N) is 1. The summed E-state index contributed by atoms with van der Waals surface area (Å²) in [4.78, 5) is 11.5. The van der Waals surface area contributed by atoms with E-state index >= 15 is 0 Å². The van der Waals surface area contributed by atoms with E-state index in [9.17, 15) is 4.79 Å². The second kappa shape index (κ2) is 2.72. The van der Waals surface area contributed by atoms with E-state index in [1.807, 2.05) is 24.3 Å². The average Bonchev–Trinajstić information content (AvgIpc) is 2.44. The van der Waals surface area contributed by atoms with Crippen LogP contribution in [0.4, 0.5) is 0 Å². The number of hydrogen-bond acceptors (Lipinski definition) is 2. The summed E-state index contributed by atoms with van der Waals surface area (Å²) >= 11 is 0. The Morgan fingerprint density at radius 3 is 2.83 bits per heavy atom. The van der Waals surface area contributed by atoms with Gasteiger partial charge in [0.15, 0.2) is 5.78 Å². The molecule has 0 spiro atoms. The Hall–Kier alpha value is -1.15. The molecule has 0 amide bonds. The predicted octanol–water partition coefficient (Wildman–Crippen LogP) is 1.00. The molecule has 1 atom stereocenters. The van der Waals surface area contributed by atoms with Crippen molar-refractivity contribution < 1.29 is 4.79 Å². The van der Waals surface area contributed by atoms with Crippen LogP contribution in [0.3, 0.4) is 0 Å². The molecule has 1 aromatic rings. The zero-order chi connectivity index (χ0) is 8.55. The maximum atomic E-state index is 11.5. The molecule has 2 nitrogen and oxygen atoms in total. The zero-order valence-corrected chi connectivity index (χ0v) is 6.79. The van der Waals surface area contributed by atoms with Crippen molar-refractivity contribution in [2.45, 2.75) is 6.42 Å². The van der Waals surface area contributed by atoms with Crippen LogP contribution in [0.1, 0.15) is 15.9 Å². The minimum atomic E-state index is 0.0300. The highest BCUT2D eigenvalue weighted by molar-refractivity contribution is 6.02.